The van der Waals surface area contributed by atoms with Crippen LogP contribution >= 0.6 is 11.6 Å². The summed E-state index contributed by atoms with van der Waals surface area (Å²) < 4.78 is 15.5. The third-order valence-electron chi connectivity index (χ3n) is 2.54. The summed E-state index contributed by atoms with van der Waals surface area (Å²) in [7, 11) is 3.00. The molecule has 1 aromatic heterocycles. The second kappa shape index (κ2) is 6.01. The molecule has 1 aliphatic rings. The lowest BCUT2D eigenvalue weighted by Gasteiger charge is -2.31. The number of halogens is 1. The Morgan fingerprint density at radius 3 is 2.50 bits per heavy atom. The smallest absolute Gasteiger partial charge is 0.324 e. The van der Waals surface area contributed by atoms with Gasteiger partial charge in [0.2, 0.25) is 5.95 Å². The van der Waals surface area contributed by atoms with E-state index in [0.717, 1.165) is 0 Å². The van der Waals surface area contributed by atoms with Crippen LogP contribution in [0.1, 0.15) is 0 Å². The van der Waals surface area contributed by atoms with Crippen LogP contribution in [-0.2, 0) is 4.74 Å². The lowest BCUT2D eigenvalue weighted by atomic mass is 10.3. The number of hydrogen-bond donors (Lipinski definition) is 0. The highest BCUT2D eigenvalue weighted by Gasteiger charge is 2.23. The van der Waals surface area contributed by atoms with Crippen LogP contribution in [-0.4, -0.2) is 60.9 Å². The zero-order chi connectivity index (χ0) is 13.0. The third kappa shape index (κ3) is 2.91. The number of alkyl halides is 1. The van der Waals surface area contributed by atoms with Crippen molar-refractivity contribution in [2.45, 2.75) is 6.10 Å². The maximum atomic E-state index is 5.80. The Morgan fingerprint density at radius 1 is 1.28 bits per heavy atom. The molecule has 0 saturated carbocycles. The predicted molar refractivity (Wildman–Crippen MR) is 65.6 cm³/mol. The minimum atomic E-state index is -0.0193. The maximum Gasteiger partial charge on any atom is 0.324 e. The lowest BCUT2D eigenvalue weighted by Crippen LogP contribution is -2.44. The van der Waals surface area contributed by atoms with E-state index in [1.54, 1.807) is 0 Å². The van der Waals surface area contributed by atoms with Gasteiger partial charge in [-0.2, -0.15) is 9.97 Å². The van der Waals surface area contributed by atoms with E-state index in [0.29, 0.717) is 31.5 Å². The van der Waals surface area contributed by atoms with Crippen LogP contribution in [0.25, 0.3) is 0 Å². The highest BCUT2D eigenvalue weighted by Crippen LogP contribution is 2.18. The van der Waals surface area contributed by atoms with Crippen LogP contribution in [0.4, 0.5) is 5.95 Å². The summed E-state index contributed by atoms with van der Waals surface area (Å²) in [6.45, 7) is 1.93. The topological polar surface area (TPSA) is 69.6 Å². The largest absolute Gasteiger partial charge is 0.467 e. The normalized spacial score (nSPS) is 19.7. The number of aromatic nitrogens is 3. The van der Waals surface area contributed by atoms with Gasteiger partial charge in [0.1, 0.15) is 0 Å². The molecule has 1 fully saturated rings. The van der Waals surface area contributed by atoms with Gasteiger partial charge in [-0.05, 0) is 0 Å². The fourth-order valence-electron chi connectivity index (χ4n) is 1.65. The number of anilines is 1. The fraction of sp³-hybridized carbons (Fsp3) is 0.700. The van der Waals surface area contributed by atoms with E-state index in [1.165, 1.54) is 14.2 Å². The first-order valence-corrected chi connectivity index (χ1v) is 6.07. The number of ether oxygens (including phenoxy) is 3. The summed E-state index contributed by atoms with van der Waals surface area (Å²) in [5, 5.41) is 0. The number of methoxy groups -OCH3 is 2. The first-order valence-electron chi connectivity index (χ1n) is 5.53. The van der Waals surface area contributed by atoms with Crippen molar-refractivity contribution in [3.05, 3.63) is 0 Å². The molecule has 0 N–H and O–H groups in total. The van der Waals surface area contributed by atoms with Gasteiger partial charge >= 0.3 is 12.0 Å². The molecule has 2 rings (SSSR count). The average molecular weight is 275 g/mol. The van der Waals surface area contributed by atoms with E-state index in [1.807, 2.05) is 4.90 Å². The predicted octanol–water partition coefficient (Wildman–Crippen LogP) is 0.333. The van der Waals surface area contributed by atoms with Crippen molar-refractivity contribution >= 4 is 17.5 Å². The molecule has 0 aromatic carbocycles. The monoisotopic (exact) mass is 274 g/mol. The molecule has 1 saturated heterocycles. The number of rotatable bonds is 4. The van der Waals surface area contributed by atoms with E-state index in [4.69, 9.17) is 25.8 Å². The zero-order valence-corrected chi connectivity index (χ0v) is 11.1. The van der Waals surface area contributed by atoms with E-state index < -0.39 is 0 Å². The molecule has 1 aromatic rings. The van der Waals surface area contributed by atoms with E-state index >= 15 is 0 Å². The van der Waals surface area contributed by atoms with Crippen LogP contribution in [0.15, 0.2) is 0 Å². The van der Waals surface area contributed by atoms with Crippen LogP contribution in [0.3, 0.4) is 0 Å². The van der Waals surface area contributed by atoms with E-state index in [-0.39, 0.29) is 18.1 Å². The molecule has 0 aliphatic carbocycles. The fourth-order valence-corrected chi connectivity index (χ4v) is 1.83. The number of nitrogens with zero attached hydrogens (tertiary/aromatic N) is 4. The van der Waals surface area contributed by atoms with Crippen molar-refractivity contribution in [3.63, 3.8) is 0 Å². The Bertz CT molecular complexity index is 384. The van der Waals surface area contributed by atoms with Crippen LogP contribution in [0.5, 0.6) is 12.0 Å². The van der Waals surface area contributed by atoms with Gasteiger partial charge in [0.25, 0.3) is 0 Å². The summed E-state index contributed by atoms with van der Waals surface area (Å²) in [6.07, 6.45) is -0.0193. The SMILES string of the molecule is COc1nc(OC)nc(N2CCOC(CCl)C2)n1. The molecule has 0 radical (unpaired) electrons. The summed E-state index contributed by atoms with van der Waals surface area (Å²) in [6, 6.07) is 0.455. The molecule has 18 heavy (non-hydrogen) atoms. The van der Waals surface area contributed by atoms with Crippen molar-refractivity contribution in [3.8, 4) is 12.0 Å². The van der Waals surface area contributed by atoms with Gasteiger partial charge in [-0.3, -0.25) is 0 Å². The number of hydrogen-bond acceptors (Lipinski definition) is 7. The van der Waals surface area contributed by atoms with Crippen LogP contribution < -0.4 is 14.4 Å². The van der Waals surface area contributed by atoms with E-state index in [9.17, 15) is 0 Å². The standard InChI is InChI=1S/C10H15ClN4O3/c1-16-9-12-8(13-10(14-9)17-2)15-3-4-18-7(5-11)6-15/h7H,3-6H2,1-2H3. The average Bonchev–Trinajstić information content (AvgIpc) is 2.46. The molecule has 100 valence electrons. The Labute approximate surface area is 110 Å². The van der Waals surface area contributed by atoms with Crippen LogP contribution in [0.2, 0.25) is 0 Å². The molecule has 8 heteroatoms. The van der Waals surface area contributed by atoms with Gasteiger partial charge in [0.05, 0.1) is 32.8 Å². The Morgan fingerprint density at radius 2 is 1.94 bits per heavy atom. The van der Waals surface area contributed by atoms with Crippen molar-refractivity contribution in [2.75, 3.05) is 44.7 Å². The first kappa shape index (κ1) is 13.1. The van der Waals surface area contributed by atoms with Crippen molar-refractivity contribution < 1.29 is 14.2 Å². The van der Waals surface area contributed by atoms with Crippen molar-refractivity contribution in [2.24, 2.45) is 0 Å². The Balaban J connectivity index is 2.20. The molecule has 0 spiro atoms. The highest BCUT2D eigenvalue weighted by atomic mass is 35.5. The molecule has 0 amide bonds. The third-order valence-corrected chi connectivity index (χ3v) is 2.89. The Hall–Kier alpha value is -1.34. The van der Waals surface area contributed by atoms with E-state index in [2.05, 4.69) is 15.0 Å². The van der Waals surface area contributed by atoms with Gasteiger partial charge < -0.3 is 19.1 Å². The Kier molecular flexibility index (Phi) is 4.38. The summed E-state index contributed by atoms with van der Waals surface area (Å²) in [4.78, 5) is 14.3. The minimum absolute atomic E-state index is 0.0193. The molecule has 7 nitrogen and oxygen atoms in total. The molecule has 1 atom stereocenters. The van der Waals surface area contributed by atoms with Gasteiger partial charge in [0.15, 0.2) is 0 Å². The molecular weight excluding hydrogens is 260 g/mol. The second-order valence-corrected chi connectivity index (χ2v) is 4.01. The van der Waals surface area contributed by atoms with Gasteiger partial charge in [-0.15, -0.1) is 16.6 Å². The molecule has 1 aliphatic heterocycles. The first-order chi connectivity index (χ1) is 8.76. The van der Waals surface area contributed by atoms with Gasteiger partial charge in [0, 0.05) is 13.1 Å². The van der Waals surface area contributed by atoms with Crippen LogP contribution in [0, 0.1) is 0 Å². The molecular formula is C10H15ClN4O3. The lowest BCUT2D eigenvalue weighted by molar-refractivity contribution is 0.0547. The maximum absolute atomic E-state index is 5.80. The van der Waals surface area contributed by atoms with Gasteiger partial charge in [-0.1, -0.05) is 0 Å². The minimum Gasteiger partial charge on any atom is -0.467 e. The zero-order valence-electron chi connectivity index (χ0n) is 10.3. The summed E-state index contributed by atoms with van der Waals surface area (Å²) >= 11 is 5.80. The molecule has 1 unspecified atom stereocenters. The molecule has 2 heterocycles. The summed E-state index contributed by atoms with van der Waals surface area (Å²) in [5.74, 6) is 0.952. The quantitative estimate of drug-likeness (QED) is 0.733. The highest BCUT2D eigenvalue weighted by molar-refractivity contribution is 6.18. The van der Waals surface area contributed by atoms with Crippen molar-refractivity contribution in [1.82, 2.24) is 15.0 Å². The number of morpholine rings is 1. The van der Waals surface area contributed by atoms with Gasteiger partial charge in [-0.25, -0.2) is 0 Å². The molecule has 0 bridgehead atoms. The van der Waals surface area contributed by atoms with Crippen molar-refractivity contribution in [1.29, 1.82) is 0 Å². The summed E-state index contributed by atoms with van der Waals surface area (Å²) in [5.41, 5.74) is 0. The second-order valence-electron chi connectivity index (χ2n) is 3.70.